The number of hydrogen-bond donors (Lipinski definition) is 2. The number of hydrogen-bond acceptors (Lipinski definition) is 4. The molecule has 5 nitrogen and oxygen atoms in total. The number of carbonyl (C=O) groups excluding carboxylic acids is 1. The van der Waals surface area contributed by atoms with Crippen molar-refractivity contribution in [3.05, 3.63) is 53.2 Å². The highest BCUT2D eigenvalue weighted by molar-refractivity contribution is 5.92. The van der Waals surface area contributed by atoms with Crippen LogP contribution >= 0.6 is 0 Å². The number of nitrogens with two attached hydrogens (primary N) is 1. The molecule has 1 aromatic heterocycles. The van der Waals surface area contributed by atoms with Gasteiger partial charge in [-0.05, 0) is 24.6 Å². The Morgan fingerprint density at radius 3 is 2.94 bits per heavy atom. The topological polar surface area (TPSA) is 81.1 Å². The maximum Gasteiger partial charge on any atom is 0.248 e. The van der Waals surface area contributed by atoms with Gasteiger partial charge in [-0.3, -0.25) is 4.79 Å². The lowest BCUT2D eigenvalue weighted by molar-refractivity contribution is 0.1000. The van der Waals surface area contributed by atoms with Crippen LogP contribution in [-0.2, 0) is 13.1 Å². The van der Waals surface area contributed by atoms with Gasteiger partial charge in [0.05, 0.1) is 12.7 Å². The largest absolute Gasteiger partial charge is 0.445 e. The SMILES string of the molecule is Cc1cnc(CNCc2cccc(C(N)=O)c2)o1. The first-order valence-electron chi connectivity index (χ1n) is 5.66. The molecule has 18 heavy (non-hydrogen) atoms. The standard InChI is InChI=1S/C13H15N3O2/c1-9-6-16-12(18-9)8-15-7-10-3-2-4-11(5-10)13(14)17/h2-6,15H,7-8H2,1H3,(H2,14,17). The Hall–Kier alpha value is -2.14. The lowest BCUT2D eigenvalue weighted by atomic mass is 10.1. The number of benzene rings is 1. The highest BCUT2D eigenvalue weighted by Gasteiger charge is 2.02. The molecule has 0 aliphatic rings. The molecule has 0 fully saturated rings. The third-order valence-electron chi connectivity index (χ3n) is 2.49. The van der Waals surface area contributed by atoms with Crippen molar-refractivity contribution in [3.8, 4) is 0 Å². The van der Waals surface area contributed by atoms with E-state index in [1.54, 1.807) is 18.3 Å². The van der Waals surface area contributed by atoms with Crippen molar-refractivity contribution in [1.29, 1.82) is 0 Å². The van der Waals surface area contributed by atoms with E-state index < -0.39 is 5.91 Å². The molecule has 2 rings (SSSR count). The van der Waals surface area contributed by atoms with Gasteiger partial charge < -0.3 is 15.5 Å². The normalized spacial score (nSPS) is 10.5. The van der Waals surface area contributed by atoms with E-state index in [1.165, 1.54) is 0 Å². The van der Waals surface area contributed by atoms with Crippen LogP contribution in [0.4, 0.5) is 0 Å². The minimum absolute atomic E-state index is 0.417. The summed E-state index contributed by atoms with van der Waals surface area (Å²) in [5.41, 5.74) is 6.73. The summed E-state index contributed by atoms with van der Waals surface area (Å²) in [7, 11) is 0. The number of rotatable bonds is 5. The maximum absolute atomic E-state index is 11.0. The van der Waals surface area contributed by atoms with Crippen molar-refractivity contribution >= 4 is 5.91 Å². The van der Waals surface area contributed by atoms with Gasteiger partial charge in [0.2, 0.25) is 11.8 Å². The molecule has 2 aromatic rings. The van der Waals surface area contributed by atoms with Gasteiger partial charge in [-0.1, -0.05) is 12.1 Å². The van der Waals surface area contributed by atoms with Crippen LogP contribution in [0.5, 0.6) is 0 Å². The minimum atomic E-state index is -0.417. The van der Waals surface area contributed by atoms with Crippen molar-refractivity contribution in [2.75, 3.05) is 0 Å². The second kappa shape index (κ2) is 5.46. The Labute approximate surface area is 105 Å². The van der Waals surface area contributed by atoms with E-state index in [4.69, 9.17) is 10.2 Å². The number of nitrogens with zero attached hydrogens (tertiary/aromatic N) is 1. The minimum Gasteiger partial charge on any atom is -0.445 e. The van der Waals surface area contributed by atoms with E-state index in [0.717, 1.165) is 11.3 Å². The molecule has 0 saturated carbocycles. The highest BCUT2D eigenvalue weighted by Crippen LogP contribution is 2.05. The first kappa shape index (κ1) is 12.3. The highest BCUT2D eigenvalue weighted by atomic mass is 16.4. The Balaban J connectivity index is 1.90. The van der Waals surface area contributed by atoms with Crippen LogP contribution < -0.4 is 11.1 Å². The first-order valence-corrected chi connectivity index (χ1v) is 5.66. The number of aromatic nitrogens is 1. The molecular weight excluding hydrogens is 230 g/mol. The van der Waals surface area contributed by atoms with E-state index >= 15 is 0 Å². The van der Waals surface area contributed by atoms with Gasteiger partial charge in [-0.2, -0.15) is 0 Å². The van der Waals surface area contributed by atoms with Gasteiger partial charge in [-0.25, -0.2) is 4.98 Å². The molecule has 0 saturated heterocycles. The summed E-state index contributed by atoms with van der Waals surface area (Å²) >= 11 is 0. The summed E-state index contributed by atoms with van der Waals surface area (Å²) in [6, 6.07) is 7.21. The molecule has 1 heterocycles. The van der Waals surface area contributed by atoms with Crippen LogP contribution in [0.25, 0.3) is 0 Å². The molecule has 5 heteroatoms. The molecule has 0 aliphatic carbocycles. The third-order valence-corrected chi connectivity index (χ3v) is 2.49. The number of amides is 1. The first-order chi connectivity index (χ1) is 8.65. The Morgan fingerprint density at radius 1 is 1.44 bits per heavy atom. The van der Waals surface area contributed by atoms with Crippen molar-refractivity contribution in [3.63, 3.8) is 0 Å². The van der Waals surface area contributed by atoms with Crippen molar-refractivity contribution < 1.29 is 9.21 Å². The Bertz CT molecular complexity index is 549. The molecule has 0 spiro atoms. The number of carbonyl (C=O) groups is 1. The van der Waals surface area contributed by atoms with E-state index in [1.807, 2.05) is 19.1 Å². The lowest BCUT2D eigenvalue weighted by Crippen LogP contribution is -2.15. The van der Waals surface area contributed by atoms with Gasteiger partial charge in [0.25, 0.3) is 0 Å². The molecule has 1 aromatic carbocycles. The summed E-state index contributed by atoms with van der Waals surface area (Å²) in [5.74, 6) is 1.03. The zero-order valence-electron chi connectivity index (χ0n) is 10.1. The monoisotopic (exact) mass is 245 g/mol. The molecule has 1 amide bonds. The van der Waals surface area contributed by atoms with Gasteiger partial charge >= 0.3 is 0 Å². The van der Waals surface area contributed by atoms with Gasteiger partial charge in [0.1, 0.15) is 5.76 Å². The lowest BCUT2D eigenvalue weighted by Gasteiger charge is -2.04. The molecule has 0 atom stereocenters. The molecule has 0 radical (unpaired) electrons. The van der Waals surface area contributed by atoms with Crippen molar-refractivity contribution in [1.82, 2.24) is 10.3 Å². The summed E-state index contributed by atoms with van der Waals surface area (Å²) in [5, 5.41) is 3.19. The van der Waals surface area contributed by atoms with Gasteiger partial charge in [-0.15, -0.1) is 0 Å². The van der Waals surface area contributed by atoms with Crippen LogP contribution in [0, 0.1) is 6.92 Å². The summed E-state index contributed by atoms with van der Waals surface area (Å²) in [4.78, 5) is 15.1. The van der Waals surface area contributed by atoms with E-state index in [9.17, 15) is 4.79 Å². The summed E-state index contributed by atoms with van der Waals surface area (Å²) < 4.78 is 5.34. The Kier molecular flexibility index (Phi) is 3.74. The van der Waals surface area contributed by atoms with Crippen LogP contribution in [0.2, 0.25) is 0 Å². The third kappa shape index (κ3) is 3.18. The van der Waals surface area contributed by atoms with Crippen molar-refractivity contribution in [2.45, 2.75) is 20.0 Å². The zero-order chi connectivity index (χ0) is 13.0. The van der Waals surface area contributed by atoms with Crippen LogP contribution in [0.1, 0.15) is 27.6 Å². The molecule has 3 N–H and O–H groups in total. The summed E-state index contributed by atoms with van der Waals surface area (Å²) in [6.45, 7) is 3.03. The van der Waals surface area contributed by atoms with E-state index in [-0.39, 0.29) is 0 Å². The predicted molar refractivity (Wildman–Crippen MR) is 66.7 cm³/mol. The fourth-order valence-electron chi connectivity index (χ4n) is 1.63. The molecule has 0 bridgehead atoms. The second-order valence-electron chi connectivity index (χ2n) is 4.03. The number of nitrogens with one attached hydrogen (secondary N) is 1. The molecule has 0 aliphatic heterocycles. The molecular formula is C13H15N3O2. The number of oxazole rings is 1. The fourth-order valence-corrected chi connectivity index (χ4v) is 1.63. The average molecular weight is 245 g/mol. The van der Waals surface area contributed by atoms with Crippen LogP contribution in [0.3, 0.4) is 0 Å². The maximum atomic E-state index is 11.0. The number of aryl methyl sites for hydroxylation is 1. The fraction of sp³-hybridized carbons (Fsp3) is 0.231. The smallest absolute Gasteiger partial charge is 0.248 e. The molecule has 94 valence electrons. The van der Waals surface area contributed by atoms with E-state index in [0.29, 0.717) is 24.5 Å². The zero-order valence-corrected chi connectivity index (χ0v) is 10.1. The van der Waals surface area contributed by atoms with E-state index in [2.05, 4.69) is 10.3 Å². The number of primary amides is 1. The summed E-state index contributed by atoms with van der Waals surface area (Å²) in [6.07, 6.45) is 1.69. The van der Waals surface area contributed by atoms with Crippen molar-refractivity contribution in [2.24, 2.45) is 5.73 Å². The predicted octanol–water partition coefficient (Wildman–Crippen LogP) is 1.37. The van der Waals surface area contributed by atoms with Crippen LogP contribution in [-0.4, -0.2) is 10.9 Å². The average Bonchev–Trinajstić information content (AvgIpc) is 2.75. The quantitative estimate of drug-likeness (QED) is 0.833. The second-order valence-corrected chi connectivity index (χ2v) is 4.03. The Morgan fingerprint density at radius 2 is 2.28 bits per heavy atom. The van der Waals surface area contributed by atoms with Gasteiger partial charge in [0.15, 0.2) is 0 Å². The molecule has 0 unspecified atom stereocenters. The van der Waals surface area contributed by atoms with Gasteiger partial charge in [0, 0.05) is 12.1 Å². The van der Waals surface area contributed by atoms with Crippen LogP contribution in [0.15, 0.2) is 34.9 Å².